The summed E-state index contributed by atoms with van der Waals surface area (Å²) in [5.74, 6) is 0. The van der Waals surface area contributed by atoms with Crippen LogP contribution in [-0.4, -0.2) is 27.5 Å². The zero-order chi connectivity index (χ0) is 18.4. The van der Waals surface area contributed by atoms with Gasteiger partial charge in [-0.3, -0.25) is 9.36 Å². The lowest BCUT2D eigenvalue weighted by Crippen LogP contribution is -2.19. The Hall–Kier alpha value is -1.82. The van der Waals surface area contributed by atoms with Crippen LogP contribution in [0.15, 0.2) is 42.5 Å². The van der Waals surface area contributed by atoms with Gasteiger partial charge in [0.1, 0.15) is 0 Å². The van der Waals surface area contributed by atoms with Gasteiger partial charge in [0.25, 0.3) is 5.52 Å². The second-order valence-corrected chi connectivity index (χ2v) is 7.66. The highest BCUT2D eigenvalue weighted by molar-refractivity contribution is 7.83. The van der Waals surface area contributed by atoms with Crippen LogP contribution < -0.4 is 5.30 Å². The predicted octanol–water partition coefficient (Wildman–Crippen LogP) is 1.94. The van der Waals surface area contributed by atoms with Crippen molar-refractivity contribution in [1.82, 2.24) is 0 Å². The Kier molecular flexibility index (Phi) is 6.64. The van der Waals surface area contributed by atoms with Gasteiger partial charge in [0.15, 0.2) is 0 Å². The fourth-order valence-electron chi connectivity index (χ4n) is 2.66. The molecule has 0 heterocycles. The van der Waals surface area contributed by atoms with Crippen molar-refractivity contribution in [2.45, 2.75) is 26.7 Å². The van der Waals surface area contributed by atoms with Crippen molar-refractivity contribution in [2.75, 3.05) is 6.61 Å². The molecule has 2 rings (SSSR count). The van der Waals surface area contributed by atoms with Crippen LogP contribution in [0.25, 0.3) is 0 Å². The van der Waals surface area contributed by atoms with Crippen LogP contribution in [-0.2, 0) is 28.9 Å². The molecule has 2 aromatic rings. The maximum atomic E-state index is 13.4. The van der Waals surface area contributed by atoms with Crippen LogP contribution in [0.5, 0.6) is 0 Å². The van der Waals surface area contributed by atoms with E-state index in [9.17, 15) is 24.7 Å². The van der Waals surface area contributed by atoms with E-state index in [2.05, 4.69) is 0 Å². The molecular formula is C18H21O6P. The molecule has 1 unspecified atom stereocenters. The second kappa shape index (κ2) is 8.52. The molecule has 0 fully saturated rings. The average molecular weight is 364 g/mol. The fourth-order valence-corrected chi connectivity index (χ4v) is 4.67. The van der Waals surface area contributed by atoms with Crippen molar-refractivity contribution < 1.29 is 29.2 Å². The zero-order valence-electron chi connectivity index (χ0n) is 13.9. The summed E-state index contributed by atoms with van der Waals surface area (Å²) >= 11 is 0. The van der Waals surface area contributed by atoms with Gasteiger partial charge in [0.2, 0.25) is 0 Å². The average Bonchev–Trinajstić information content (AvgIpc) is 2.66. The van der Waals surface area contributed by atoms with Gasteiger partial charge < -0.3 is 19.8 Å². The topological polar surface area (TPSA) is 104 Å². The summed E-state index contributed by atoms with van der Waals surface area (Å²) in [6.07, 6.45) is 0. The Morgan fingerprint density at radius 3 is 2.00 bits per heavy atom. The summed E-state index contributed by atoms with van der Waals surface area (Å²) in [5.41, 5.74) is 0.0181. The monoisotopic (exact) mass is 364 g/mol. The highest BCUT2D eigenvalue weighted by Gasteiger charge is 2.38. The maximum absolute atomic E-state index is 13.4. The van der Waals surface area contributed by atoms with Crippen LogP contribution in [0.1, 0.15) is 34.0 Å². The van der Waals surface area contributed by atoms with Crippen molar-refractivity contribution >= 4 is 18.2 Å². The van der Waals surface area contributed by atoms with Crippen LogP contribution in [0, 0.1) is 0 Å². The van der Waals surface area contributed by atoms with Gasteiger partial charge in [0, 0.05) is 10.9 Å². The summed E-state index contributed by atoms with van der Waals surface area (Å²) in [7, 11) is -3.91. The third-order valence-corrected chi connectivity index (χ3v) is 6.13. The van der Waals surface area contributed by atoms with Crippen molar-refractivity contribution in [3.8, 4) is 0 Å². The van der Waals surface area contributed by atoms with E-state index in [1.165, 1.54) is 12.1 Å². The third kappa shape index (κ3) is 3.89. The van der Waals surface area contributed by atoms with Crippen LogP contribution in [0.3, 0.4) is 0 Å². The summed E-state index contributed by atoms with van der Waals surface area (Å²) < 4.78 is 18.8. The van der Waals surface area contributed by atoms with E-state index in [4.69, 9.17) is 4.52 Å². The van der Waals surface area contributed by atoms with E-state index in [1.54, 1.807) is 37.3 Å². The molecule has 0 aliphatic rings. The summed E-state index contributed by atoms with van der Waals surface area (Å²) in [6, 6.07) is 11.0. The van der Waals surface area contributed by atoms with Gasteiger partial charge in [-0.25, -0.2) is 0 Å². The molecule has 0 aliphatic carbocycles. The zero-order valence-corrected chi connectivity index (χ0v) is 14.8. The SMILES string of the molecule is CCOP(=O)(C(=O)c1c(CO)cc(CO)cc1CO)c1ccccc1. The smallest absolute Gasteiger partial charge is 0.300 e. The molecule has 0 amide bonds. The van der Waals surface area contributed by atoms with Gasteiger partial charge in [0.05, 0.1) is 26.4 Å². The number of hydrogen-bond donors (Lipinski definition) is 3. The van der Waals surface area contributed by atoms with Gasteiger partial charge in [-0.15, -0.1) is 0 Å². The molecule has 0 saturated carbocycles. The molecule has 0 bridgehead atoms. The Morgan fingerprint density at radius 2 is 1.56 bits per heavy atom. The third-order valence-electron chi connectivity index (χ3n) is 3.77. The van der Waals surface area contributed by atoms with E-state index in [1.807, 2.05) is 0 Å². The minimum atomic E-state index is -3.91. The first-order chi connectivity index (χ1) is 12.0. The Balaban J connectivity index is 2.67. The quantitative estimate of drug-likeness (QED) is 0.619. The predicted molar refractivity (Wildman–Crippen MR) is 93.8 cm³/mol. The van der Waals surface area contributed by atoms with E-state index in [0.29, 0.717) is 5.56 Å². The number of aliphatic hydroxyl groups is 3. The molecule has 134 valence electrons. The molecular weight excluding hydrogens is 343 g/mol. The molecule has 6 nitrogen and oxygen atoms in total. The summed E-state index contributed by atoms with van der Waals surface area (Å²) in [6.45, 7) is 0.398. The van der Waals surface area contributed by atoms with Crippen LogP contribution >= 0.6 is 7.37 Å². The summed E-state index contributed by atoms with van der Waals surface area (Å²) in [4.78, 5) is 13.1. The summed E-state index contributed by atoms with van der Waals surface area (Å²) in [5, 5.41) is 28.8. The minimum Gasteiger partial charge on any atom is -0.392 e. The van der Waals surface area contributed by atoms with E-state index < -0.39 is 26.1 Å². The highest BCUT2D eigenvalue weighted by Crippen LogP contribution is 2.50. The number of hydrogen-bond acceptors (Lipinski definition) is 6. The number of carbonyl (C=O) groups excluding carboxylic acids is 1. The molecule has 7 heteroatoms. The lowest BCUT2D eigenvalue weighted by molar-refractivity contribution is 0.105. The number of benzene rings is 2. The largest absolute Gasteiger partial charge is 0.392 e. The molecule has 0 aromatic heterocycles. The molecule has 0 radical (unpaired) electrons. The molecule has 2 aromatic carbocycles. The number of aliphatic hydroxyl groups excluding tert-OH is 3. The molecule has 1 atom stereocenters. The Morgan fingerprint density at radius 1 is 1.00 bits per heavy atom. The van der Waals surface area contributed by atoms with Gasteiger partial charge in [-0.05, 0) is 35.7 Å². The van der Waals surface area contributed by atoms with Crippen LogP contribution in [0.4, 0.5) is 0 Å². The van der Waals surface area contributed by atoms with Crippen molar-refractivity contribution in [3.05, 3.63) is 64.7 Å². The molecule has 0 aliphatic heterocycles. The lowest BCUT2D eigenvalue weighted by atomic mass is 9.99. The molecule has 0 spiro atoms. The first-order valence-corrected chi connectivity index (χ1v) is 9.46. The van der Waals surface area contributed by atoms with Gasteiger partial charge >= 0.3 is 7.37 Å². The van der Waals surface area contributed by atoms with Gasteiger partial charge in [-0.2, -0.15) is 0 Å². The van der Waals surface area contributed by atoms with E-state index >= 15 is 0 Å². The lowest BCUT2D eigenvalue weighted by Gasteiger charge is -2.20. The number of rotatable bonds is 8. The van der Waals surface area contributed by atoms with Crippen molar-refractivity contribution in [1.29, 1.82) is 0 Å². The minimum absolute atomic E-state index is 0.0252. The van der Waals surface area contributed by atoms with E-state index in [-0.39, 0.29) is 35.2 Å². The van der Waals surface area contributed by atoms with Gasteiger partial charge in [-0.1, -0.05) is 30.3 Å². The maximum Gasteiger partial charge on any atom is 0.300 e. The fraction of sp³-hybridized carbons (Fsp3) is 0.278. The Bertz CT molecular complexity index is 762. The van der Waals surface area contributed by atoms with E-state index in [0.717, 1.165) is 0 Å². The second-order valence-electron chi connectivity index (χ2n) is 5.37. The van der Waals surface area contributed by atoms with Crippen molar-refractivity contribution in [3.63, 3.8) is 0 Å². The Labute approximate surface area is 146 Å². The van der Waals surface area contributed by atoms with Crippen molar-refractivity contribution in [2.24, 2.45) is 0 Å². The molecule has 3 N–H and O–H groups in total. The first kappa shape index (κ1) is 19.5. The normalized spacial score (nSPS) is 13.4. The number of carbonyl (C=O) groups is 1. The molecule has 0 saturated heterocycles. The van der Waals surface area contributed by atoms with Crippen LogP contribution in [0.2, 0.25) is 0 Å². The first-order valence-electron chi connectivity index (χ1n) is 7.84. The highest BCUT2D eigenvalue weighted by atomic mass is 31.2. The molecule has 25 heavy (non-hydrogen) atoms. The standard InChI is InChI=1S/C18H21O6P/c1-2-24-25(23,16-6-4-3-5-7-16)18(22)17-14(11-20)8-13(10-19)9-15(17)12-21/h3-9,19-21H,2,10-12H2,1H3.